The summed E-state index contributed by atoms with van der Waals surface area (Å²) in [6, 6.07) is 4.35. The van der Waals surface area contributed by atoms with Crippen LogP contribution in [-0.2, 0) is 4.74 Å². The maximum absolute atomic E-state index is 12.3. The number of carbonyl (C=O) groups is 1. The van der Waals surface area contributed by atoms with Crippen molar-refractivity contribution in [1.82, 2.24) is 5.32 Å². The quantitative estimate of drug-likeness (QED) is 0.637. The van der Waals surface area contributed by atoms with Crippen molar-refractivity contribution >= 4 is 11.6 Å². The van der Waals surface area contributed by atoms with E-state index in [1.165, 1.54) is 12.1 Å². The van der Waals surface area contributed by atoms with Gasteiger partial charge in [-0.15, -0.1) is 0 Å². The molecule has 2 rings (SSSR count). The first-order valence-corrected chi connectivity index (χ1v) is 6.73. The highest BCUT2D eigenvalue weighted by molar-refractivity contribution is 6.00. The SMILES string of the molecule is CCOc1cccc([N+](=O)[O-])c1C(=O)NCC1(C)COC1. The fourth-order valence-corrected chi connectivity index (χ4v) is 2.11. The Balaban J connectivity index is 2.22. The third kappa shape index (κ3) is 3.30. The first-order valence-electron chi connectivity index (χ1n) is 6.73. The van der Waals surface area contributed by atoms with E-state index in [4.69, 9.17) is 9.47 Å². The van der Waals surface area contributed by atoms with Gasteiger partial charge in [0, 0.05) is 18.0 Å². The Morgan fingerprint density at radius 2 is 2.24 bits per heavy atom. The second kappa shape index (κ2) is 6.09. The molecule has 1 aromatic carbocycles. The standard InChI is InChI=1S/C14H18N2O5/c1-3-21-11-6-4-5-10(16(18)19)12(11)13(17)15-7-14(2)8-20-9-14/h4-6H,3,7-9H2,1-2H3,(H,15,17). The molecule has 7 nitrogen and oxygen atoms in total. The number of rotatable bonds is 6. The second-order valence-corrected chi connectivity index (χ2v) is 5.33. The van der Waals surface area contributed by atoms with Crippen molar-refractivity contribution in [3.63, 3.8) is 0 Å². The minimum atomic E-state index is -0.578. The van der Waals surface area contributed by atoms with Crippen LogP contribution >= 0.6 is 0 Å². The number of nitro benzene ring substituents is 1. The van der Waals surface area contributed by atoms with Crippen molar-refractivity contribution in [2.45, 2.75) is 13.8 Å². The van der Waals surface area contributed by atoms with Gasteiger partial charge in [0.25, 0.3) is 11.6 Å². The van der Waals surface area contributed by atoms with Gasteiger partial charge in [0.2, 0.25) is 0 Å². The fourth-order valence-electron chi connectivity index (χ4n) is 2.11. The molecule has 0 aliphatic carbocycles. The number of hydrogen-bond donors (Lipinski definition) is 1. The van der Waals surface area contributed by atoms with E-state index in [9.17, 15) is 14.9 Å². The zero-order chi connectivity index (χ0) is 15.5. The van der Waals surface area contributed by atoms with Crippen molar-refractivity contribution in [3.05, 3.63) is 33.9 Å². The fraction of sp³-hybridized carbons (Fsp3) is 0.500. The van der Waals surface area contributed by atoms with Crippen LogP contribution < -0.4 is 10.1 Å². The van der Waals surface area contributed by atoms with Crippen LogP contribution in [0.25, 0.3) is 0 Å². The van der Waals surface area contributed by atoms with E-state index in [1.54, 1.807) is 13.0 Å². The smallest absolute Gasteiger partial charge is 0.285 e. The first kappa shape index (κ1) is 15.2. The molecule has 1 aromatic rings. The van der Waals surface area contributed by atoms with Gasteiger partial charge in [-0.25, -0.2) is 0 Å². The molecule has 1 amide bonds. The van der Waals surface area contributed by atoms with E-state index in [0.717, 1.165) is 0 Å². The summed E-state index contributed by atoms with van der Waals surface area (Å²) < 4.78 is 10.4. The Bertz CT molecular complexity index is 554. The number of benzene rings is 1. The number of hydrogen-bond acceptors (Lipinski definition) is 5. The molecule has 114 valence electrons. The Morgan fingerprint density at radius 1 is 1.52 bits per heavy atom. The van der Waals surface area contributed by atoms with Gasteiger partial charge in [0.15, 0.2) is 5.56 Å². The van der Waals surface area contributed by atoms with Gasteiger partial charge < -0.3 is 14.8 Å². The lowest BCUT2D eigenvalue weighted by molar-refractivity contribution is -0.385. The molecule has 0 unspecified atom stereocenters. The van der Waals surface area contributed by atoms with Gasteiger partial charge in [-0.05, 0) is 13.0 Å². The van der Waals surface area contributed by atoms with Crippen LogP contribution in [0.5, 0.6) is 5.75 Å². The van der Waals surface area contributed by atoms with Gasteiger partial charge in [0.1, 0.15) is 5.75 Å². The first-order chi connectivity index (χ1) is 9.97. The maximum atomic E-state index is 12.3. The van der Waals surface area contributed by atoms with Gasteiger partial charge >= 0.3 is 0 Å². The van der Waals surface area contributed by atoms with E-state index in [-0.39, 0.29) is 22.4 Å². The number of carbonyl (C=O) groups excluding carboxylic acids is 1. The van der Waals surface area contributed by atoms with Crippen LogP contribution in [0.15, 0.2) is 18.2 Å². The molecule has 1 aliphatic rings. The monoisotopic (exact) mass is 294 g/mol. The predicted molar refractivity (Wildman–Crippen MR) is 75.5 cm³/mol. The Hall–Kier alpha value is -2.15. The topological polar surface area (TPSA) is 90.7 Å². The summed E-state index contributed by atoms with van der Waals surface area (Å²) >= 11 is 0. The summed E-state index contributed by atoms with van der Waals surface area (Å²) in [6.07, 6.45) is 0. The van der Waals surface area contributed by atoms with Crippen LogP contribution in [0, 0.1) is 15.5 Å². The summed E-state index contributed by atoms with van der Waals surface area (Å²) in [7, 11) is 0. The van der Waals surface area contributed by atoms with Crippen LogP contribution in [0.3, 0.4) is 0 Å². The van der Waals surface area contributed by atoms with E-state index < -0.39 is 10.8 Å². The summed E-state index contributed by atoms with van der Waals surface area (Å²) in [5.41, 5.74) is -0.396. The molecule has 0 aromatic heterocycles. The van der Waals surface area contributed by atoms with Crippen molar-refractivity contribution in [2.75, 3.05) is 26.4 Å². The molecule has 1 fully saturated rings. The Morgan fingerprint density at radius 3 is 2.76 bits per heavy atom. The maximum Gasteiger partial charge on any atom is 0.285 e. The van der Waals surface area contributed by atoms with Crippen LogP contribution in [0.2, 0.25) is 0 Å². The predicted octanol–water partition coefficient (Wildman–Crippen LogP) is 1.76. The van der Waals surface area contributed by atoms with Crippen LogP contribution in [-0.4, -0.2) is 37.2 Å². The largest absolute Gasteiger partial charge is 0.493 e. The lowest BCUT2D eigenvalue weighted by Gasteiger charge is -2.38. The third-order valence-corrected chi connectivity index (χ3v) is 3.30. The van der Waals surface area contributed by atoms with Crippen molar-refractivity contribution in [2.24, 2.45) is 5.41 Å². The summed E-state index contributed by atoms with van der Waals surface area (Å²) in [5.74, 6) is -0.280. The molecule has 7 heteroatoms. The molecule has 1 saturated heterocycles. The molecule has 1 heterocycles. The number of ether oxygens (including phenoxy) is 2. The van der Waals surface area contributed by atoms with E-state index in [0.29, 0.717) is 26.4 Å². The minimum Gasteiger partial charge on any atom is -0.493 e. The molecule has 21 heavy (non-hydrogen) atoms. The molecule has 0 bridgehead atoms. The Labute approximate surface area is 122 Å². The highest BCUT2D eigenvalue weighted by Gasteiger charge is 2.34. The molecular formula is C14H18N2O5. The summed E-state index contributed by atoms with van der Waals surface area (Å²) in [6.45, 7) is 5.62. The molecule has 1 aliphatic heterocycles. The van der Waals surface area contributed by atoms with E-state index in [2.05, 4.69) is 5.32 Å². The van der Waals surface area contributed by atoms with Gasteiger partial charge in [-0.1, -0.05) is 13.0 Å². The highest BCUT2D eigenvalue weighted by Crippen LogP contribution is 2.29. The normalized spacial score (nSPS) is 15.9. The Kier molecular flexibility index (Phi) is 4.42. The zero-order valence-corrected chi connectivity index (χ0v) is 12.0. The highest BCUT2D eigenvalue weighted by atomic mass is 16.6. The van der Waals surface area contributed by atoms with E-state index >= 15 is 0 Å². The summed E-state index contributed by atoms with van der Waals surface area (Å²) in [5, 5.41) is 13.8. The van der Waals surface area contributed by atoms with Crippen molar-refractivity contribution in [1.29, 1.82) is 0 Å². The van der Waals surface area contributed by atoms with Gasteiger partial charge in [0.05, 0.1) is 24.7 Å². The third-order valence-electron chi connectivity index (χ3n) is 3.30. The zero-order valence-electron chi connectivity index (χ0n) is 12.0. The average molecular weight is 294 g/mol. The molecular weight excluding hydrogens is 276 g/mol. The molecule has 0 saturated carbocycles. The molecule has 0 atom stereocenters. The molecule has 0 spiro atoms. The number of nitrogens with zero attached hydrogens (tertiary/aromatic N) is 1. The average Bonchev–Trinajstić information content (AvgIpc) is 2.42. The number of amides is 1. The van der Waals surface area contributed by atoms with Gasteiger partial charge in [-0.3, -0.25) is 14.9 Å². The lowest BCUT2D eigenvalue weighted by Crippen LogP contribution is -2.48. The van der Waals surface area contributed by atoms with E-state index in [1.807, 2.05) is 6.92 Å². The second-order valence-electron chi connectivity index (χ2n) is 5.33. The molecule has 1 N–H and O–H groups in total. The van der Waals surface area contributed by atoms with Crippen LogP contribution in [0.1, 0.15) is 24.2 Å². The lowest BCUT2D eigenvalue weighted by atomic mass is 9.88. The van der Waals surface area contributed by atoms with Crippen LogP contribution in [0.4, 0.5) is 5.69 Å². The van der Waals surface area contributed by atoms with Crippen molar-refractivity contribution < 1.29 is 19.2 Å². The summed E-state index contributed by atoms with van der Waals surface area (Å²) in [4.78, 5) is 22.8. The number of nitro groups is 1. The minimum absolute atomic E-state index is 0.0341. The van der Waals surface area contributed by atoms with Crippen molar-refractivity contribution in [3.8, 4) is 5.75 Å². The molecule has 0 radical (unpaired) electrons. The number of nitrogens with one attached hydrogen (secondary N) is 1. The van der Waals surface area contributed by atoms with Gasteiger partial charge in [-0.2, -0.15) is 0 Å².